The van der Waals surface area contributed by atoms with Gasteiger partial charge in [-0.15, -0.1) is 0 Å². The number of nitrogens with zero attached hydrogens (tertiary/aromatic N) is 2. The summed E-state index contributed by atoms with van der Waals surface area (Å²) in [7, 11) is 3.31. The van der Waals surface area contributed by atoms with Crippen molar-refractivity contribution in [1.82, 2.24) is 10.3 Å². The molecule has 6 nitrogen and oxygen atoms in total. The summed E-state index contributed by atoms with van der Waals surface area (Å²) < 4.78 is 18.9. The molecule has 0 atom stereocenters. The van der Waals surface area contributed by atoms with Crippen LogP contribution >= 0.6 is 15.9 Å². The zero-order chi connectivity index (χ0) is 20.0. The van der Waals surface area contributed by atoms with Gasteiger partial charge < -0.3 is 9.64 Å². The lowest BCUT2D eigenvalue weighted by Gasteiger charge is -2.12. The fourth-order valence-corrected chi connectivity index (χ4v) is 2.55. The van der Waals surface area contributed by atoms with Crippen molar-refractivity contribution < 1.29 is 18.7 Å². The number of halogens is 2. The molecule has 2 rings (SSSR count). The van der Waals surface area contributed by atoms with Gasteiger partial charge in [-0.1, -0.05) is 12.1 Å². The molecular weight excluding hydrogens is 417 g/mol. The van der Waals surface area contributed by atoms with Gasteiger partial charge in [0.15, 0.2) is 6.61 Å². The zero-order valence-corrected chi connectivity index (χ0v) is 16.7. The number of hydrazone groups is 1. The molecule has 0 unspecified atom stereocenters. The lowest BCUT2D eigenvalue weighted by Crippen LogP contribution is -2.27. The Morgan fingerprint density at radius 3 is 2.63 bits per heavy atom. The highest BCUT2D eigenvalue weighted by Gasteiger charge is 2.11. The van der Waals surface area contributed by atoms with E-state index >= 15 is 0 Å². The minimum atomic E-state index is -0.467. The van der Waals surface area contributed by atoms with Crippen LogP contribution in [0.5, 0.6) is 5.75 Å². The molecule has 0 saturated carbocycles. The molecule has 2 amide bonds. The Morgan fingerprint density at radius 1 is 1.22 bits per heavy atom. The molecule has 0 aliphatic rings. The standard InChI is InChI=1S/C19H19BrFN3O3/c1-12(22-23-19(26)16-8-7-14(21)10-17(16)20)13-5-4-6-15(9-13)27-11-18(25)24(2)3/h4-10H,11H2,1-3H3,(H,23,26). The molecule has 27 heavy (non-hydrogen) atoms. The summed E-state index contributed by atoms with van der Waals surface area (Å²) in [6, 6.07) is 10.8. The number of carbonyl (C=O) groups excluding carboxylic acids is 2. The number of rotatable bonds is 6. The first-order chi connectivity index (χ1) is 12.8. The van der Waals surface area contributed by atoms with E-state index in [1.54, 1.807) is 45.3 Å². The summed E-state index contributed by atoms with van der Waals surface area (Å²) in [5.41, 5.74) is 3.98. The molecule has 8 heteroatoms. The van der Waals surface area contributed by atoms with Gasteiger partial charge in [0, 0.05) is 24.1 Å². The van der Waals surface area contributed by atoms with E-state index in [9.17, 15) is 14.0 Å². The van der Waals surface area contributed by atoms with Gasteiger partial charge in [-0.3, -0.25) is 9.59 Å². The van der Waals surface area contributed by atoms with E-state index < -0.39 is 11.7 Å². The molecule has 0 aromatic heterocycles. The van der Waals surface area contributed by atoms with Gasteiger partial charge in [-0.2, -0.15) is 5.10 Å². The number of likely N-dealkylation sites (N-methyl/N-ethyl adjacent to an activating group) is 1. The molecule has 2 aromatic rings. The number of carbonyl (C=O) groups is 2. The van der Waals surface area contributed by atoms with Gasteiger partial charge >= 0.3 is 0 Å². The van der Waals surface area contributed by atoms with Crippen LogP contribution in [-0.2, 0) is 4.79 Å². The summed E-state index contributed by atoms with van der Waals surface area (Å²) in [6.07, 6.45) is 0. The van der Waals surface area contributed by atoms with Crippen molar-refractivity contribution in [2.75, 3.05) is 20.7 Å². The smallest absolute Gasteiger partial charge is 0.272 e. The van der Waals surface area contributed by atoms with Crippen LogP contribution in [0.4, 0.5) is 4.39 Å². The molecule has 0 aliphatic carbocycles. The van der Waals surface area contributed by atoms with Crippen LogP contribution in [0.3, 0.4) is 0 Å². The maximum Gasteiger partial charge on any atom is 0.272 e. The third-order valence-corrected chi connectivity index (χ3v) is 4.27. The van der Waals surface area contributed by atoms with Crippen molar-refractivity contribution in [1.29, 1.82) is 0 Å². The van der Waals surface area contributed by atoms with Crippen LogP contribution in [0.25, 0.3) is 0 Å². The van der Waals surface area contributed by atoms with E-state index in [-0.39, 0.29) is 18.1 Å². The second-order valence-corrected chi connectivity index (χ2v) is 6.72. The second kappa shape index (κ2) is 9.27. The fraction of sp³-hybridized carbons (Fsp3) is 0.211. The minimum absolute atomic E-state index is 0.0675. The molecule has 0 aliphatic heterocycles. The highest BCUT2D eigenvalue weighted by atomic mass is 79.9. The number of benzene rings is 2. The van der Waals surface area contributed by atoms with Crippen LogP contribution in [0, 0.1) is 5.82 Å². The molecule has 1 N–H and O–H groups in total. The number of nitrogens with one attached hydrogen (secondary N) is 1. The normalized spacial score (nSPS) is 11.1. The van der Waals surface area contributed by atoms with E-state index in [0.29, 0.717) is 15.9 Å². The van der Waals surface area contributed by atoms with Crippen molar-refractivity contribution in [3.8, 4) is 5.75 Å². The number of amides is 2. The van der Waals surface area contributed by atoms with Crippen molar-refractivity contribution in [3.05, 3.63) is 63.9 Å². The Balaban J connectivity index is 2.06. The van der Waals surface area contributed by atoms with Crippen LogP contribution in [0.15, 0.2) is 52.0 Å². The summed E-state index contributed by atoms with van der Waals surface area (Å²) in [5, 5.41) is 4.07. The predicted octanol–water partition coefficient (Wildman–Crippen LogP) is 3.21. The first-order valence-corrected chi connectivity index (χ1v) is 8.80. The zero-order valence-electron chi connectivity index (χ0n) is 15.1. The van der Waals surface area contributed by atoms with Gasteiger partial charge in [0.1, 0.15) is 11.6 Å². The van der Waals surface area contributed by atoms with Crippen molar-refractivity contribution in [2.45, 2.75) is 6.92 Å². The van der Waals surface area contributed by atoms with E-state index in [2.05, 4.69) is 26.5 Å². The first-order valence-electron chi connectivity index (χ1n) is 8.01. The molecule has 142 valence electrons. The van der Waals surface area contributed by atoms with Crippen molar-refractivity contribution in [3.63, 3.8) is 0 Å². The van der Waals surface area contributed by atoms with Crippen molar-refractivity contribution >= 4 is 33.5 Å². The lowest BCUT2D eigenvalue weighted by molar-refractivity contribution is -0.130. The highest BCUT2D eigenvalue weighted by molar-refractivity contribution is 9.10. The van der Waals surface area contributed by atoms with E-state index in [0.717, 1.165) is 5.56 Å². The van der Waals surface area contributed by atoms with Crippen LogP contribution in [0.1, 0.15) is 22.8 Å². The SMILES string of the molecule is CC(=NNC(=O)c1ccc(F)cc1Br)c1cccc(OCC(=O)N(C)C)c1. The number of hydrogen-bond acceptors (Lipinski definition) is 4. The molecule has 0 fully saturated rings. The summed E-state index contributed by atoms with van der Waals surface area (Å²) in [4.78, 5) is 25.2. The van der Waals surface area contributed by atoms with E-state index in [4.69, 9.17) is 4.74 Å². The van der Waals surface area contributed by atoms with Crippen LogP contribution < -0.4 is 10.2 Å². The van der Waals surface area contributed by atoms with Crippen molar-refractivity contribution in [2.24, 2.45) is 5.10 Å². The summed E-state index contributed by atoms with van der Waals surface area (Å²) in [6.45, 7) is 1.66. The van der Waals surface area contributed by atoms with Crippen LogP contribution in [-0.4, -0.2) is 43.1 Å². The predicted molar refractivity (Wildman–Crippen MR) is 104 cm³/mol. The fourth-order valence-electron chi connectivity index (χ4n) is 2.02. The first kappa shape index (κ1) is 20.6. The van der Waals surface area contributed by atoms with Gasteiger partial charge in [0.05, 0.1) is 11.3 Å². The summed E-state index contributed by atoms with van der Waals surface area (Å²) >= 11 is 3.15. The highest BCUT2D eigenvalue weighted by Crippen LogP contribution is 2.18. The Morgan fingerprint density at radius 2 is 1.96 bits per heavy atom. The topological polar surface area (TPSA) is 71.0 Å². The van der Waals surface area contributed by atoms with Gasteiger partial charge in [0.25, 0.3) is 11.8 Å². The average molecular weight is 436 g/mol. The lowest BCUT2D eigenvalue weighted by atomic mass is 10.1. The van der Waals surface area contributed by atoms with Gasteiger partial charge in [-0.05, 0) is 53.2 Å². The molecule has 0 spiro atoms. The quantitative estimate of drug-likeness (QED) is 0.559. The molecule has 0 radical (unpaired) electrons. The second-order valence-electron chi connectivity index (χ2n) is 5.87. The Kier molecular flexibility index (Phi) is 7.06. The van der Waals surface area contributed by atoms with Gasteiger partial charge in [-0.25, -0.2) is 9.82 Å². The monoisotopic (exact) mass is 435 g/mol. The average Bonchev–Trinajstić information content (AvgIpc) is 2.64. The van der Waals surface area contributed by atoms with E-state index in [1.807, 2.05) is 0 Å². The Hall–Kier alpha value is -2.74. The number of hydrogen-bond donors (Lipinski definition) is 1. The molecular formula is C19H19BrFN3O3. The van der Waals surface area contributed by atoms with Crippen LogP contribution in [0.2, 0.25) is 0 Å². The Labute approximate surface area is 165 Å². The summed E-state index contributed by atoms with van der Waals surface area (Å²) in [5.74, 6) is -0.541. The molecule has 0 bridgehead atoms. The molecule has 0 heterocycles. The molecule has 0 saturated heterocycles. The number of ether oxygens (including phenoxy) is 1. The maximum absolute atomic E-state index is 13.1. The largest absolute Gasteiger partial charge is 0.484 e. The minimum Gasteiger partial charge on any atom is -0.484 e. The maximum atomic E-state index is 13.1. The van der Waals surface area contributed by atoms with E-state index in [1.165, 1.54) is 23.1 Å². The van der Waals surface area contributed by atoms with Gasteiger partial charge in [0.2, 0.25) is 0 Å². The third kappa shape index (κ3) is 5.89. The Bertz CT molecular complexity index is 884. The molecule has 2 aromatic carbocycles. The third-order valence-electron chi connectivity index (χ3n) is 3.61.